The monoisotopic (exact) mass is 401 g/mol. The van der Waals surface area contributed by atoms with Crippen LogP contribution in [0.4, 0.5) is 4.39 Å². The molecular formula is C20H17ClFN3O3. The van der Waals surface area contributed by atoms with Gasteiger partial charge in [0.15, 0.2) is 0 Å². The second-order valence-electron chi connectivity index (χ2n) is 6.15. The Balaban J connectivity index is 2.29. The summed E-state index contributed by atoms with van der Waals surface area (Å²) in [6.07, 6.45) is 2.60. The number of carbonyl (C=O) groups is 1. The molecule has 0 aliphatic heterocycles. The highest BCUT2D eigenvalue weighted by molar-refractivity contribution is 6.30. The van der Waals surface area contributed by atoms with E-state index >= 15 is 0 Å². The number of aromatic nitrogens is 2. The van der Waals surface area contributed by atoms with Gasteiger partial charge in [-0.1, -0.05) is 18.5 Å². The van der Waals surface area contributed by atoms with Crippen LogP contribution in [0.25, 0.3) is 22.7 Å². The molecule has 144 valence electrons. The summed E-state index contributed by atoms with van der Waals surface area (Å²) in [5.74, 6) is -0.956. The van der Waals surface area contributed by atoms with E-state index in [2.05, 4.69) is 4.98 Å². The number of amides is 1. The fourth-order valence-corrected chi connectivity index (χ4v) is 3.18. The van der Waals surface area contributed by atoms with Crippen molar-refractivity contribution in [3.63, 3.8) is 0 Å². The third-order valence-corrected chi connectivity index (χ3v) is 4.53. The fraction of sp³-hybridized carbons (Fsp3) is 0.150. The van der Waals surface area contributed by atoms with Gasteiger partial charge in [0, 0.05) is 29.1 Å². The number of rotatable bonds is 4. The van der Waals surface area contributed by atoms with Crippen molar-refractivity contribution in [3.8, 4) is 5.69 Å². The van der Waals surface area contributed by atoms with Crippen LogP contribution in [0.2, 0.25) is 5.02 Å². The number of nitrogens with zero attached hydrogens (tertiary/aromatic N) is 2. The number of carbonyl (C=O) groups excluding carboxylic acids is 1. The molecule has 0 unspecified atom stereocenters. The number of halogens is 2. The first-order valence-electron chi connectivity index (χ1n) is 8.49. The van der Waals surface area contributed by atoms with E-state index in [0.717, 1.165) is 17.7 Å². The van der Waals surface area contributed by atoms with Crippen molar-refractivity contribution in [2.45, 2.75) is 20.3 Å². The molecule has 0 fully saturated rings. The van der Waals surface area contributed by atoms with Gasteiger partial charge in [-0.2, -0.15) is 0 Å². The summed E-state index contributed by atoms with van der Waals surface area (Å²) < 4.78 is 15.9. The summed E-state index contributed by atoms with van der Waals surface area (Å²) in [4.78, 5) is 28.8. The second-order valence-corrected chi connectivity index (χ2v) is 6.59. The SMILES string of the molecule is CCc1nc2cc(F)c(/C=C/C(=O)NO)cc2c(=O)n1-c1ccc(Cl)cc1C. The minimum atomic E-state index is -0.812. The van der Waals surface area contributed by atoms with E-state index in [0.29, 0.717) is 23.0 Å². The van der Waals surface area contributed by atoms with E-state index in [1.807, 2.05) is 13.8 Å². The van der Waals surface area contributed by atoms with Gasteiger partial charge in [-0.05, 0) is 42.8 Å². The van der Waals surface area contributed by atoms with Crippen LogP contribution in [0.5, 0.6) is 0 Å². The van der Waals surface area contributed by atoms with E-state index in [9.17, 15) is 14.0 Å². The Morgan fingerprint density at radius 2 is 2.11 bits per heavy atom. The lowest BCUT2D eigenvalue weighted by molar-refractivity contribution is -0.124. The number of hydroxylamine groups is 1. The third-order valence-electron chi connectivity index (χ3n) is 4.30. The Morgan fingerprint density at radius 1 is 1.36 bits per heavy atom. The predicted molar refractivity (Wildman–Crippen MR) is 105 cm³/mol. The topological polar surface area (TPSA) is 84.2 Å². The molecule has 1 amide bonds. The maximum absolute atomic E-state index is 14.4. The molecule has 8 heteroatoms. The molecule has 0 saturated heterocycles. The molecule has 2 N–H and O–H groups in total. The number of nitrogens with one attached hydrogen (secondary N) is 1. The van der Waals surface area contributed by atoms with Crippen molar-refractivity contribution in [2.75, 3.05) is 0 Å². The lowest BCUT2D eigenvalue weighted by Crippen LogP contribution is -2.24. The molecule has 0 radical (unpaired) electrons. The van der Waals surface area contributed by atoms with Gasteiger partial charge in [0.1, 0.15) is 11.6 Å². The number of hydrogen-bond donors (Lipinski definition) is 2. The minimum Gasteiger partial charge on any atom is -0.288 e. The zero-order valence-corrected chi connectivity index (χ0v) is 15.9. The molecule has 1 heterocycles. The summed E-state index contributed by atoms with van der Waals surface area (Å²) in [6.45, 7) is 3.69. The smallest absolute Gasteiger partial charge is 0.267 e. The summed E-state index contributed by atoms with van der Waals surface area (Å²) in [6, 6.07) is 7.67. The van der Waals surface area contributed by atoms with E-state index in [-0.39, 0.29) is 22.0 Å². The van der Waals surface area contributed by atoms with Crippen LogP contribution in [0.1, 0.15) is 23.9 Å². The number of benzene rings is 2. The Labute approximate surface area is 164 Å². The van der Waals surface area contributed by atoms with Crippen molar-refractivity contribution < 1.29 is 14.4 Å². The number of aryl methyl sites for hydroxylation is 2. The quantitative estimate of drug-likeness (QED) is 0.397. The first-order valence-corrected chi connectivity index (χ1v) is 8.87. The molecule has 3 rings (SSSR count). The normalized spacial score (nSPS) is 11.3. The van der Waals surface area contributed by atoms with Gasteiger partial charge in [0.05, 0.1) is 16.6 Å². The highest BCUT2D eigenvalue weighted by Gasteiger charge is 2.15. The average molecular weight is 402 g/mol. The van der Waals surface area contributed by atoms with E-state index in [1.54, 1.807) is 18.2 Å². The number of hydrogen-bond acceptors (Lipinski definition) is 4. The molecule has 28 heavy (non-hydrogen) atoms. The molecule has 1 aromatic heterocycles. The first-order chi connectivity index (χ1) is 13.3. The standard InChI is InChI=1S/C20H17ClFN3O3/c1-3-18-23-16-10-15(22)12(4-7-19(26)24-28)9-14(16)20(27)25(18)17-6-5-13(21)8-11(17)2/h4-10,28H,3H2,1-2H3,(H,24,26)/b7-4+. The third kappa shape index (κ3) is 3.67. The molecule has 0 atom stereocenters. The van der Waals surface area contributed by atoms with E-state index < -0.39 is 11.7 Å². The van der Waals surface area contributed by atoms with Gasteiger partial charge in [0.25, 0.3) is 11.5 Å². The summed E-state index contributed by atoms with van der Waals surface area (Å²) in [5, 5.41) is 9.31. The van der Waals surface area contributed by atoms with Crippen LogP contribution in [0, 0.1) is 12.7 Å². The Kier molecular flexibility index (Phi) is 5.58. The average Bonchev–Trinajstić information content (AvgIpc) is 2.67. The number of fused-ring (bicyclic) bond motifs is 1. The van der Waals surface area contributed by atoms with Crippen molar-refractivity contribution >= 4 is 34.5 Å². The van der Waals surface area contributed by atoms with Gasteiger partial charge < -0.3 is 0 Å². The van der Waals surface area contributed by atoms with Gasteiger partial charge in [0.2, 0.25) is 0 Å². The summed E-state index contributed by atoms with van der Waals surface area (Å²) >= 11 is 6.02. The zero-order chi connectivity index (χ0) is 20.4. The van der Waals surface area contributed by atoms with E-state index in [4.69, 9.17) is 16.8 Å². The summed E-state index contributed by atoms with van der Waals surface area (Å²) in [5.41, 5.74) is 2.76. The zero-order valence-electron chi connectivity index (χ0n) is 15.2. The predicted octanol–water partition coefficient (Wildman–Crippen LogP) is 3.57. The van der Waals surface area contributed by atoms with E-state index in [1.165, 1.54) is 22.2 Å². The first kappa shape index (κ1) is 19.7. The molecule has 0 aliphatic carbocycles. The Morgan fingerprint density at radius 3 is 2.75 bits per heavy atom. The van der Waals surface area contributed by atoms with Crippen LogP contribution in [0.3, 0.4) is 0 Å². The maximum atomic E-state index is 14.4. The Hall–Kier alpha value is -3.03. The van der Waals surface area contributed by atoms with Crippen LogP contribution in [0.15, 0.2) is 41.2 Å². The van der Waals surface area contributed by atoms with Gasteiger partial charge in [-0.15, -0.1) is 0 Å². The van der Waals surface area contributed by atoms with Crippen LogP contribution in [-0.2, 0) is 11.2 Å². The van der Waals surface area contributed by atoms with Gasteiger partial charge >= 0.3 is 0 Å². The molecule has 2 aromatic carbocycles. The summed E-state index contributed by atoms with van der Waals surface area (Å²) in [7, 11) is 0. The highest BCUT2D eigenvalue weighted by Crippen LogP contribution is 2.22. The maximum Gasteiger partial charge on any atom is 0.267 e. The molecular weight excluding hydrogens is 385 g/mol. The molecule has 0 aliphatic rings. The van der Waals surface area contributed by atoms with Crippen molar-refractivity contribution in [1.29, 1.82) is 0 Å². The molecule has 6 nitrogen and oxygen atoms in total. The van der Waals surface area contributed by atoms with Crippen molar-refractivity contribution in [3.05, 3.63) is 74.6 Å². The molecule has 0 spiro atoms. The van der Waals surface area contributed by atoms with Crippen molar-refractivity contribution in [2.24, 2.45) is 0 Å². The molecule has 0 bridgehead atoms. The van der Waals surface area contributed by atoms with Crippen LogP contribution < -0.4 is 11.0 Å². The highest BCUT2D eigenvalue weighted by atomic mass is 35.5. The lowest BCUT2D eigenvalue weighted by Gasteiger charge is -2.15. The molecule has 0 saturated carbocycles. The van der Waals surface area contributed by atoms with Gasteiger partial charge in [-0.25, -0.2) is 14.9 Å². The van der Waals surface area contributed by atoms with Crippen LogP contribution in [-0.4, -0.2) is 20.7 Å². The fourth-order valence-electron chi connectivity index (χ4n) is 2.96. The van der Waals surface area contributed by atoms with Gasteiger partial charge in [-0.3, -0.25) is 19.4 Å². The lowest BCUT2D eigenvalue weighted by atomic mass is 10.1. The molecule has 3 aromatic rings. The minimum absolute atomic E-state index is 0.0265. The second kappa shape index (κ2) is 7.92. The Bertz CT molecular complexity index is 1170. The van der Waals surface area contributed by atoms with Crippen molar-refractivity contribution in [1.82, 2.24) is 15.0 Å². The van der Waals surface area contributed by atoms with Crippen LogP contribution >= 0.6 is 11.6 Å². The largest absolute Gasteiger partial charge is 0.288 e.